The summed E-state index contributed by atoms with van der Waals surface area (Å²) >= 11 is 8.94. The van der Waals surface area contributed by atoms with Crippen LogP contribution >= 0.6 is 28.1 Å². The highest BCUT2D eigenvalue weighted by molar-refractivity contribution is 9.10. The number of aromatic amines is 1. The van der Waals surface area contributed by atoms with Crippen LogP contribution in [-0.2, 0) is 6.67 Å². The number of benzene rings is 1. The van der Waals surface area contributed by atoms with Gasteiger partial charge in [0.1, 0.15) is 0 Å². The molecule has 0 bridgehead atoms. The molecule has 1 aromatic carbocycles. The van der Waals surface area contributed by atoms with E-state index in [9.17, 15) is 0 Å². The first-order chi connectivity index (χ1) is 10.1. The van der Waals surface area contributed by atoms with Crippen molar-refractivity contribution < 1.29 is 0 Å². The predicted octanol–water partition coefficient (Wildman–Crippen LogP) is 4.06. The second kappa shape index (κ2) is 6.42. The number of halogens is 1. The maximum Gasteiger partial charge on any atom is 0.217 e. The quantitative estimate of drug-likeness (QED) is 0.832. The van der Waals surface area contributed by atoms with Crippen LogP contribution in [0.25, 0.3) is 11.4 Å². The Hall–Kier alpha value is -0.980. The standard InChI is InChI=1S/C15H19BrN4S/c1-11-6-8-19(9-7-11)10-20-15(21)17-14(18-20)12-4-2-3-5-13(12)16/h2-5,11H,6-10H2,1H3,(H,17,18,21). The zero-order valence-corrected chi connectivity index (χ0v) is 14.5. The van der Waals surface area contributed by atoms with E-state index in [2.05, 4.69) is 37.8 Å². The van der Waals surface area contributed by atoms with E-state index in [-0.39, 0.29) is 0 Å². The molecule has 0 amide bonds. The zero-order valence-electron chi connectivity index (χ0n) is 12.1. The zero-order chi connectivity index (χ0) is 14.8. The summed E-state index contributed by atoms with van der Waals surface area (Å²) in [4.78, 5) is 6.92. The number of nitrogens with one attached hydrogen (secondary N) is 1. The fourth-order valence-electron chi connectivity index (χ4n) is 2.63. The Balaban J connectivity index is 1.79. The molecule has 0 atom stereocenters. The van der Waals surface area contributed by atoms with Crippen molar-refractivity contribution in [2.24, 2.45) is 5.92 Å². The fourth-order valence-corrected chi connectivity index (χ4v) is 3.30. The van der Waals surface area contributed by atoms with Crippen molar-refractivity contribution in [3.05, 3.63) is 33.5 Å². The molecule has 1 fully saturated rings. The largest absolute Gasteiger partial charge is 0.284 e. The maximum atomic E-state index is 5.39. The summed E-state index contributed by atoms with van der Waals surface area (Å²) in [7, 11) is 0. The Kier molecular flexibility index (Phi) is 4.57. The van der Waals surface area contributed by atoms with Crippen LogP contribution in [0.3, 0.4) is 0 Å². The van der Waals surface area contributed by atoms with Crippen LogP contribution in [0.4, 0.5) is 0 Å². The highest BCUT2D eigenvalue weighted by Gasteiger charge is 2.17. The molecule has 1 N–H and O–H groups in total. The SMILES string of the molecule is CC1CCN(Cn2[nH]c(-c3ccccc3Br)nc2=S)CC1. The Morgan fingerprint density at radius 1 is 1.33 bits per heavy atom. The topological polar surface area (TPSA) is 36.9 Å². The number of H-pyrrole nitrogens is 1. The van der Waals surface area contributed by atoms with Crippen LogP contribution in [0.2, 0.25) is 0 Å². The third kappa shape index (κ3) is 3.44. The van der Waals surface area contributed by atoms with E-state index in [1.54, 1.807) is 0 Å². The van der Waals surface area contributed by atoms with E-state index < -0.39 is 0 Å². The lowest BCUT2D eigenvalue weighted by atomic mass is 10.00. The minimum absolute atomic E-state index is 0.611. The van der Waals surface area contributed by atoms with Gasteiger partial charge < -0.3 is 0 Å². The van der Waals surface area contributed by atoms with Gasteiger partial charge in [0.15, 0.2) is 5.82 Å². The molecule has 0 spiro atoms. The van der Waals surface area contributed by atoms with Crippen molar-refractivity contribution in [1.82, 2.24) is 19.7 Å². The summed E-state index contributed by atoms with van der Waals surface area (Å²) in [5.74, 6) is 1.66. The van der Waals surface area contributed by atoms with Gasteiger partial charge >= 0.3 is 0 Å². The van der Waals surface area contributed by atoms with Crippen LogP contribution in [0, 0.1) is 10.7 Å². The monoisotopic (exact) mass is 366 g/mol. The molecule has 1 saturated heterocycles. The minimum atomic E-state index is 0.611. The summed E-state index contributed by atoms with van der Waals surface area (Å²) in [5.41, 5.74) is 1.04. The van der Waals surface area contributed by atoms with E-state index in [0.29, 0.717) is 4.77 Å². The van der Waals surface area contributed by atoms with Gasteiger partial charge in [0, 0.05) is 23.1 Å². The average Bonchev–Trinajstić information content (AvgIpc) is 2.83. The minimum Gasteiger partial charge on any atom is -0.284 e. The lowest BCUT2D eigenvalue weighted by Crippen LogP contribution is -2.34. The first-order valence-corrected chi connectivity index (χ1v) is 8.47. The van der Waals surface area contributed by atoms with Gasteiger partial charge in [0.2, 0.25) is 4.77 Å². The number of rotatable bonds is 3. The van der Waals surface area contributed by atoms with E-state index in [0.717, 1.165) is 41.5 Å². The first-order valence-electron chi connectivity index (χ1n) is 7.27. The Labute approximate surface area is 138 Å². The van der Waals surface area contributed by atoms with Crippen LogP contribution in [0.15, 0.2) is 28.7 Å². The molecule has 2 aromatic rings. The Morgan fingerprint density at radius 2 is 2.05 bits per heavy atom. The van der Waals surface area contributed by atoms with Gasteiger partial charge in [-0.2, -0.15) is 4.98 Å². The van der Waals surface area contributed by atoms with E-state index >= 15 is 0 Å². The van der Waals surface area contributed by atoms with Gasteiger partial charge in [-0.25, -0.2) is 4.68 Å². The van der Waals surface area contributed by atoms with Gasteiger partial charge in [-0.1, -0.05) is 41.1 Å². The summed E-state index contributed by atoms with van der Waals surface area (Å²) in [6.07, 6.45) is 2.52. The molecule has 3 rings (SSSR count). The number of likely N-dealkylation sites (tertiary alicyclic amines) is 1. The van der Waals surface area contributed by atoms with Crippen LogP contribution in [-0.4, -0.2) is 32.8 Å². The second-order valence-electron chi connectivity index (χ2n) is 5.70. The van der Waals surface area contributed by atoms with Crippen LogP contribution in [0.5, 0.6) is 0 Å². The molecule has 2 heterocycles. The van der Waals surface area contributed by atoms with Gasteiger partial charge in [-0.15, -0.1) is 0 Å². The molecule has 4 nitrogen and oxygen atoms in total. The fraction of sp³-hybridized carbons (Fsp3) is 0.467. The van der Waals surface area contributed by atoms with Crippen LogP contribution in [0.1, 0.15) is 19.8 Å². The third-order valence-electron chi connectivity index (χ3n) is 4.03. The van der Waals surface area contributed by atoms with Crippen LogP contribution < -0.4 is 0 Å². The van der Waals surface area contributed by atoms with Crippen molar-refractivity contribution in [2.75, 3.05) is 13.1 Å². The molecule has 0 saturated carbocycles. The molecule has 6 heteroatoms. The van der Waals surface area contributed by atoms with E-state index in [1.165, 1.54) is 12.8 Å². The number of aromatic nitrogens is 3. The number of nitrogens with zero attached hydrogens (tertiary/aromatic N) is 3. The summed E-state index contributed by atoms with van der Waals surface area (Å²) in [6, 6.07) is 8.04. The van der Waals surface area contributed by atoms with Crippen molar-refractivity contribution in [1.29, 1.82) is 0 Å². The van der Waals surface area contributed by atoms with E-state index in [1.807, 2.05) is 28.9 Å². The second-order valence-corrected chi connectivity index (χ2v) is 6.92. The van der Waals surface area contributed by atoms with Gasteiger partial charge in [-0.3, -0.25) is 10.00 Å². The summed E-state index contributed by atoms with van der Waals surface area (Å²) < 4.78 is 3.59. The normalized spacial score (nSPS) is 17.2. The molecule has 0 radical (unpaired) electrons. The Morgan fingerprint density at radius 3 is 2.76 bits per heavy atom. The van der Waals surface area contributed by atoms with Gasteiger partial charge in [0.05, 0.1) is 6.67 Å². The van der Waals surface area contributed by atoms with Gasteiger partial charge in [0.25, 0.3) is 0 Å². The summed E-state index contributed by atoms with van der Waals surface area (Å²) in [6.45, 7) is 5.38. The first kappa shape index (κ1) is 14.9. The molecular weight excluding hydrogens is 348 g/mol. The lowest BCUT2D eigenvalue weighted by molar-refractivity contribution is 0.146. The molecule has 1 aliphatic rings. The molecule has 112 valence electrons. The average molecular weight is 367 g/mol. The molecule has 1 aromatic heterocycles. The van der Waals surface area contributed by atoms with Gasteiger partial charge in [-0.05, 0) is 37.0 Å². The highest BCUT2D eigenvalue weighted by atomic mass is 79.9. The van der Waals surface area contributed by atoms with Crippen molar-refractivity contribution in [2.45, 2.75) is 26.4 Å². The number of piperidine rings is 1. The molecule has 0 unspecified atom stereocenters. The van der Waals surface area contributed by atoms with Crippen molar-refractivity contribution in [3.8, 4) is 11.4 Å². The molecule has 0 aliphatic carbocycles. The van der Waals surface area contributed by atoms with Crippen molar-refractivity contribution >= 4 is 28.1 Å². The third-order valence-corrected chi connectivity index (χ3v) is 5.03. The summed E-state index contributed by atoms with van der Waals surface area (Å²) in [5, 5.41) is 3.33. The highest BCUT2D eigenvalue weighted by Crippen LogP contribution is 2.25. The maximum absolute atomic E-state index is 5.39. The van der Waals surface area contributed by atoms with Crippen molar-refractivity contribution in [3.63, 3.8) is 0 Å². The Bertz CT molecular complexity index is 670. The van der Waals surface area contributed by atoms with E-state index in [4.69, 9.17) is 12.2 Å². The number of hydrogen-bond acceptors (Lipinski definition) is 3. The molecule has 1 aliphatic heterocycles. The molecule has 21 heavy (non-hydrogen) atoms. The predicted molar refractivity (Wildman–Crippen MR) is 90.5 cm³/mol. The number of hydrogen-bond donors (Lipinski definition) is 1. The smallest absolute Gasteiger partial charge is 0.217 e. The lowest BCUT2D eigenvalue weighted by Gasteiger charge is -2.29. The molecular formula is C15H19BrN4S.